The summed E-state index contributed by atoms with van der Waals surface area (Å²) in [5.41, 5.74) is 2.00. The lowest BCUT2D eigenvalue weighted by Crippen LogP contribution is -2.55. The van der Waals surface area contributed by atoms with E-state index in [4.69, 9.17) is 4.52 Å². The molecule has 1 N–H and O–H groups in total. The Labute approximate surface area is 129 Å². The predicted molar refractivity (Wildman–Crippen MR) is 79.8 cm³/mol. The molecular formula is C16H21N3O3. The summed E-state index contributed by atoms with van der Waals surface area (Å²) < 4.78 is 5.37. The monoisotopic (exact) mass is 303 g/mol. The van der Waals surface area contributed by atoms with Crippen LogP contribution in [0.1, 0.15) is 30.4 Å². The molecule has 2 aliphatic rings. The third kappa shape index (κ3) is 2.77. The standard InChI is InChI=1S/C16H21N3O3/c1-3-15(20)19-8-11(9-19)16(21)17-7-13-12-6-10(2)4-5-14(12)22-18-13/h3,10-11H,1,4-9H2,2H3,(H,17,21). The second-order valence-corrected chi connectivity index (χ2v) is 6.24. The van der Waals surface area contributed by atoms with E-state index in [1.807, 2.05) is 0 Å². The van der Waals surface area contributed by atoms with Gasteiger partial charge in [0.25, 0.3) is 0 Å². The normalized spacial score (nSPS) is 21.0. The van der Waals surface area contributed by atoms with Gasteiger partial charge < -0.3 is 14.7 Å². The Balaban J connectivity index is 1.51. The first-order valence-corrected chi connectivity index (χ1v) is 7.73. The van der Waals surface area contributed by atoms with E-state index in [9.17, 15) is 9.59 Å². The number of amides is 2. The van der Waals surface area contributed by atoms with E-state index in [0.717, 1.165) is 36.3 Å². The van der Waals surface area contributed by atoms with Gasteiger partial charge in [-0.3, -0.25) is 9.59 Å². The molecule has 0 bridgehead atoms. The molecule has 0 saturated carbocycles. The van der Waals surface area contributed by atoms with Crippen molar-refractivity contribution in [1.82, 2.24) is 15.4 Å². The zero-order valence-corrected chi connectivity index (χ0v) is 12.8. The summed E-state index contributed by atoms with van der Waals surface area (Å²) in [6.45, 7) is 6.99. The number of nitrogens with zero attached hydrogens (tertiary/aromatic N) is 2. The van der Waals surface area contributed by atoms with Gasteiger partial charge in [-0.05, 0) is 24.8 Å². The van der Waals surface area contributed by atoms with Crippen LogP contribution in [-0.2, 0) is 29.0 Å². The lowest BCUT2D eigenvalue weighted by atomic mass is 9.88. The first kappa shape index (κ1) is 14.8. The molecule has 1 aromatic heterocycles. The van der Waals surface area contributed by atoms with Gasteiger partial charge in [0, 0.05) is 25.1 Å². The molecule has 1 unspecified atom stereocenters. The fourth-order valence-electron chi connectivity index (χ4n) is 3.05. The number of carbonyl (C=O) groups excluding carboxylic acids is 2. The number of aromatic nitrogens is 1. The molecule has 22 heavy (non-hydrogen) atoms. The largest absolute Gasteiger partial charge is 0.361 e. The minimum absolute atomic E-state index is 0.0336. The summed E-state index contributed by atoms with van der Waals surface area (Å²) in [6.07, 6.45) is 4.30. The topological polar surface area (TPSA) is 75.4 Å². The fraction of sp³-hybridized carbons (Fsp3) is 0.562. The van der Waals surface area contributed by atoms with E-state index in [1.54, 1.807) is 4.90 Å². The highest BCUT2D eigenvalue weighted by molar-refractivity contribution is 5.90. The number of fused-ring (bicyclic) bond motifs is 1. The summed E-state index contributed by atoms with van der Waals surface area (Å²) in [6, 6.07) is 0. The Morgan fingerprint density at radius 2 is 2.27 bits per heavy atom. The molecule has 0 aromatic carbocycles. The van der Waals surface area contributed by atoms with Gasteiger partial charge in [0.05, 0.1) is 12.5 Å². The summed E-state index contributed by atoms with van der Waals surface area (Å²) in [5.74, 6) is 1.31. The zero-order valence-electron chi connectivity index (χ0n) is 12.8. The second-order valence-electron chi connectivity index (χ2n) is 6.24. The molecule has 2 amide bonds. The lowest BCUT2D eigenvalue weighted by molar-refractivity contribution is -0.139. The van der Waals surface area contributed by atoms with Gasteiger partial charge in [-0.15, -0.1) is 0 Å². The Bertz CT molecular complexity index is 602. The molecule has 118 valence electrons. The first-order chi connectivity index (χ1) is 10.6. The average Bonchev–Trinajstić information content (AvgIpc) is 2.85. The van der Waals surface area contributed by atoms with E-state index in [1.165, 1.54) is 6.08 Å². The molecule has 1 saturated heterocycles. The second kappa shape index (κ2) is 5.94. The maximum Gasteiger partial charge on any atom is 0.246 e. The van der Waals surface area contributed by atoms with Crippen molar-refractivity contribution < 1.29 is 14.1 Å². The van der Waals surface area contributed by atoms with Gasteiger partial charge in [-0.2, -0.15) is 0 Å². The highest BCUT2D eigenvalue weighted by atomic mass is 16.5. The Morgan fingerprint density at radius 3 is 3.00 bits per heavy atom. The van der Waals surface area contributed by atoms with Crippen LogP contribution in [0.5, 0.6) is 0 Å². The molecule has 2 heterocycles. The summed E-state index contributed by atoms with van der Waals surface area (Å²) in [4.78, 5) is 25.0. The molecule has 1 aromatic rings. The van der Waals surface area contributed by atoms with Crippen LogP contribution in [0.4, 0.5) is 0 Å². The van der Waals surface area contributed by atoms with Crippen LogP contribution < -0.4 is 5.32 Å². The zero-order chi connectivity index (χ0) is 15.7. The van der Waals surface area contributed by atoms with E-state index >= 15 is 0 Å². The number of hydrogen-bond acceptors (Lipinski definition) is 4. The fourth-order valence-corrected chi connectivity index (χ4v) is 3.05. The van der Waals surface area contributed by atoms with Crippen molar-refractivity contribution in [1.29, 1.82) is 0 Å². The van der Waals surface area contributed by atoms with Crippen molar-refractivity contribution in [3.8, 4) is 0 Å². The van der Waals surface area contributed by atoms with Crippen molar-refractivity contribution in [2.24, 2.45) is 11.8 Å². The third-order valence-electron chi connectivity index (χ3n) is 4.54. The molecule has 6 heteroatoms. The van der Waals surface area contributed by atoms with Crippen LogP contribution in [-0.4, -0.2) is 35.0 Å². The van der Waals surface area contributed by atoms with Gasteiger partial charge in [-0.1, -0.05) is 18.7 Å². The molecule has 1 atom stereocenters. The lowest BCUT2D eigenvalue weighted by Gasteiger charge is -2.37. The maximum atomic E-state index is 12.1. The molecule has 1 fully saturated rings. The van der Waals surface area contributed by atoms with Crippen molar-refractivity contribution >= 4 is 11.8 Å². The van der Waals surface area contributed by atoms with Crippen molar-refractivity contribution in [3.63, 3.8) is 0 Å². The van der Waals surface area contributed by atoms with E-state index in [2.05, 4.69) is 24.0 Å². The summed E-state index contributed by atoms with van der Waals surface area (Å²) in [7, 11) is 0. The summed E-state index contributed by atoms with van der Waals surface area (Å²) in [5, 5.41) is 7.00. The van der Waals surface area contributed by atoms with Crippen LogP contribution in [0.15, 0.2) is 17.2 Å². The Hall–Kier alpha value is -2.11. The minimum Gasteiger partial charge on any atom is -0.361 e. The molecule has 6 nitrogen and oxygen atoms in total. The molecule has 3 rings (SSSR count). The maximum absolute atomic E-state index is 12.1. The van der Waals surface area contributed by atoms with Crippen molar-refractivity contribution in [2.45, 2.75) is 32.7 Å². The van der Waals surface area contributed by atoms with Gasteiger partial charge in [0.1, 0.15) is 11.5 Å². The van der Waals surface area contributed by atoms with Crippen LogP contribution in [0.25, 0.3) is 0 Å². The Morgan fingerprint density at radius 1 is 1.50 bits per heavy atom. The van der Waals surface area contributed by atoms with Crippen molar-refractivity contribution in [3.05, 3.63) is 29.7 Å². The Kier molecular flexibility index (Phi) is 4.00. The molecule has 1 aliphatic heterocycles. The van der Waals surface area contributed by atoms with Crippen molar-refractivity contribution in [2.75, 3.05) is 13.1 Å². The predicted octanol–water partition coefficient (Wildman–Crippen LogP) is 1.06. The smallest absolute Gasteiger partial charge is 0.246 e. The van der Waals surface area contributed by atoms with Gasteiger partial charge in [0.2, 0.25) is 11.8 Å². The number of likely N-dealkylation sites (tertiary alicyclic amines) is 1. The minimum atomic E-state index is -0.134. The van der Waals surface area contributed by atoms with Crippen LogP contribution in [0.2, 0.25) is 0 Å². The molecular weight excluding hydrogens is 282 g/mol. The van der Waals surface area contributed by atoms with E-state index in [-0.39, 0.29) is 17.7 Å². The van der Waals surface area contributed by atoms with Gasteiger partial charge in [0.15, 0.2) is 0 Å². The molecule has 0 spiro atoms. The number of nitrogens with one attached hydrogen (secondary N) is 1. The summed E-state index contributed by atoms with van der Waals surface area (Å²) >= 11 is 0. The number of hydrogen-bond donors (Lipinski definition) is 1. The highest BCUT2D eigenvalue weighted by Gasteiger charge is 2.34. The van der Waals surface area contributed by atoms with Crippen LogP contribution in [0, 0.1) is 11.8 Å². The van der Waals surface area contributed by atoms with Crippen LogP contribution in [0.3, 0.4) is 0 Å². The molecule has 1 aliphatic carbocycles. The van der Waals surface area contributed by atoms with Gasteiger partial charge >= 0.3 is 0 Å². The van der Waals surface area contributed by atoms with E-state index < -0.39 is 0 Å². The number of rotatable bonds is 4. The first-order valence-electron chi connectivity index (χ1n) is 7.73. The third-order valence-corrected chi connectivity index (χ3v) is 4.54. The van der Waals surface area contributed by atoms with E-state index in [0.29, 0.717) is 25.6 Å². The average molecular weight is 303 g/mol. The SMILES string of the molecule is C=CC(=O)N1CC(C(=O)NCc2noc3c2CC(C)CC3)C1. The molecule has 0 radical (unpaired) electrons. The highest BCUT2D eigenvalue weighted by Crippen LogP contribution is 2.27. The van der Waals surface area contributed by atoms with Crippen LogP contribution >= 0.6 is 0 Å². The number of carbonyl (C=O) groups is 2. The number of aryl methyl sites for hydroxylation is 1. The quantitative estimate of drug-likeness (QED) is 0.844. The van der Waals surface area contributed by atoms with Gasteiger partial charge in [-0.25, -0.2) is 0 Å².